The Labute approximate surface area is 348 Å². The molecule has 2 aromatic carbocycles. The zero-order valence-corrected chi connectivity index (χ0v) is 36.1. The van der Waals surface area contributed by atoms with Gasteiger partial charge in [-0.05, 0) is 93.4 Å². The molecule has 0 saturated carbocycles. The second kappa shape index (κ2) is 25.2. The molecule has 4 rings (SSSR count). The van der Waals surface area contributed by atoms with E-state index >= 15 is 0 Å². The topological polar surface area (TPSA) is 129 Å². The van der Waals surface area contributed by atoms with Crippen molar-refractivity contribution < 1.29 is 28.7 Å². The lowest BCUT2D eigenvalue weighted by molar-refractivity contribution is -0.117. The summed E-state index contributed by atoms with van der Waals surface area (Å²) in [5, 5.41) is 8.63. The minimum atomic E-state index is -0.961. The number of imide groups is 1. The van der Waals surface area contributed by atoms with Gasteiger partial charge in [0, 0.05) is 24.9 Å². The molecular formula is C47H71N5O6. The van der Waals surface area contributed by atoms with Gasteiger partial charge < -0.3 is 30.3 Å². The van der Waals surface area contributed by atoms with E-state index in [1.165, 1.54) is 88.2 Å². The second-order valence-corrected chi connectivity index (χ2v) is 15.9. The average Bonchev–Trinajstić information content (AvgIpc) is 3.25. The summed E-state index contributed by atoms with van der Waals surface area (Å²) in [5.74, 6) is 0.297. The third-order valence-electron chi connectivity index (χ3n) is 11.9. The largest absolute Gasteiger partial charge is 0.496 e. The zero-order valence-electron chi connectivity index (χ0n) is 36.1. The lowest BCUT2D eigenvalue weighted by atomic mass is 9.87. The predicted octanol–water partition coefficient (Wildman–Crippen LogP) is 9.57. The van der Waals surface area contributed by atoms with Gasteiger partial charge in [0.05, 0.1) is 25.4 Å². The summed E-state index contributed by atoms with van der Waals surface area (Å²) in [7, 11) is 4.55. The van der Waals surface area contributed by atoms with Gasteiger partial charge in [0.15, 0.2) is 0 Å². The highest BCUT2D eigenvalue weighted by atomic mass is 16.5. The third kappa shape index (κ3) is 13.3. The summed E-state index contributed by atoms with van der Waals surface area (Å²) in [6.45, 7) is 7.21. The van der Waals surface area contributed by atoms with Gasteiger partial charge in [-0.25, -0.2) is 19.3 Å². The van der Waals surface area contributed by atoms with Crippen LogP contribution in [0.1, 0.15) is 162 Å². The molecule has 0 aliphatic carbocycles. The Hall–Kier alpha value is -4.38. The Kier molecular flexibility index (Phi) is 20.1. The van der Waals surface area contributed by atoms with Gasteiger partial charge in [0.1, 0.15) is 11.8 Å². The number of rotatable bonds is 24. The Morgan fingerprint density at radius 3 is 2.00 bits per heavy atom. The number of allylic oxidation sites excluding steroid dienone is 1. The zero-order chi connectivity index (χ0) is 41.7. The number of unbranched alkanes of at least 4 members (excludes halogenated alkanes) is 12. The van der Waals surface area contributed by atoms with Crippen molar-refractivity contribution in [1.82, 2.24) is 25.8 Å². The van der Waals surface area contributed by atoms with E-state index in [1.54, 1.807) is 14.2 Å². The molecule has 0 radical (unpaired) electrons. The van der Waals surface area contributed by atoms with E-state index in [4.69, 9.17) is 9.47 Å². The van der Waals surface area contributed by atoms with E-state index in [9.17, 15) is 19.2 Å². The second-order valence-electron chi connectivity index (χ2n) is 15.9. The molecule has 2 aliphatic heterocycles. The summed E-state index contributed by atoms with van der Waals surface area (Å²) in [6.07, 6.45) is 20.3. The van der Waals surface area contributed by atoms with Gasteiger partial charge in [-0.15, -0.1) is 0 Å². The number of hydrogen-bond donors (Lipinski definition) is 3. The summed E-state index contributed by atoms with van der Waals surface area (Å²) >= 11 is 0. The first-order valence-electron chi connectivity index (χ1n) is 22.2. The smallest absolute Gasteiger partial charge is 0.337 e. The average molecular weight is 802 g/mol. The maximum absolute atomic E-state index is 14.1. The van der Waals surface area contributed by atoms with Crippen LogP contribution in [-0.4, -0.2) is 81.2 Å². The number of amides is 5. The first-order valence-corrected chi connectivity index (χ1v) is 22.2. The van der Waals surface area contributed by atoms with Gasteiger partial charge in [-0.2, -0.15) is 0 Å². The van der Waals surface area contributed by atoms with Crippen LogP contribution in [0.15, 0.2) is 53.7 Å². The molecule has 5 amide bonds. The number of ether oxygens (including phenoxy) is 2. The van der Waals surface area contributed by atoms with Crippen LogP contribution in [0.3, 0.4) is 0 Å². The number of nitrogens with zero attached hydrogens (tertiary/aromatic N) is 2. The number of aryl methyl sites for hydroxylation is 1. The van der Waals surface area contributed by atoms with Gasteiger partial charge in [-0.1, -0.05) is 115 Å². The molecule has 11 heteroatoms. The number of methoxy groups -OCH3 is 2. The monoisotopic (exact) mass is 802 g/mol. The van der Waals surface area contributed by atoms with Crippen molar-refractivity contribution in [3.8, 4) is 5.75 Å². The Balaban J connectivity index is 1.36. The number of likely N-dealkylation sites (N-methyl/N-ethyl adjacent to an activating group) is 1. The van der Waals surface area contributed by atoms with Crippen LogP contribution in [0.25, 0.3) is 0 Å². The number of carbonyl (C=O) groups excluding carboxylic acids is 4. The van der Waals surface area contributed by atoms with Crippen LogP contribution in [-0.2, 0) is 16.0 Å². The first-order chi connectivity index (χ1) is 28.3. The molecule has 3 N–H and O–H groups in total. The van der Waals surface area contributed by atoms with Gasteiger partial charge in [0.25, 0.3) is 5.91 Å². The molecule has 1 atom stereocenters. The van der Waals surface area contributed by atoms with E-state index in [0.29, 0.717) is 53.5 Å². The van der Waals surface area contributed by atoms with Crippen molar-refractivity contribution >= 4 is 23.9 Å². The van der Waals surface area contributed by atoms with E-state index in [0.717, 1.165) is 57.3 Å². The molecular weight excluding hydrogens is 731 g/mol. The minimum Gasteiger partial charge on any atom is -0.496 e. The van der Waals surface area contributed by atoms with Crippen molar-refractivity contribution in [2.45, 2.75) is 141 Å². The van der Waals surface area contributed by atoms with Crippen LogP contribution in [0, 0.1) is 0 Å². The van der Waals surface area contributed by atoms with Gasteiger partial charge in [-0.3, -0.25) is 4.79 Å². The number of likely N-dealkylation sites (tertiary alicyclic amines) is 1. The van der Waals surface area contributed by atoms with Crippen LogP contribution in [0.5, 0.6) is 5.75 Å². The number of urea groups is 2. The number of carbonyl (C=O) groups is 4. The molecule has 0 aromatic heterocycles. The fourth-order valence-electron chi connectivity index (χ4n) is 8.54. The van der Waals surface area contributed by atoms with E-state index in [1.807, 2.05) is 49.4 Å². The number of piperidine rings is 1. The molecule has 1 fully saturated rings. The van der Waals surface area contributed by atoms with E-state index in [-0.39, 0.29) is 11.9 Å². The van der Waals surface area contributed by atoms with Crippen molar-refractivity contribution in [2.75, 3.05) is 47.4 Å². The first kappa shape index (κ1) is 46.3. The highest BCUT2D eigenvalue weighted by Crippen LogP contribution is 2.41. The summed E-state index contributed by atoms with van der Waals surface area (Å²) in [5.41, 5.74) is 4.28. The highest BCUT2D eigenvalue weighted by Gasteiger charge is 2.43. The molecule has 58 heavy (non-hydrogen) atoms. The van der Waals surface area contributed by atoms with E-state index < -0.39 is 18.1 Å². The molecule has 1 saturated heterocycles. The SMILES string of the molecule is CCCCCCCCCCCCCCCc1cccc(OC)c1C1C(C(=O)NC)=C(CC)NC(=O)N1C(=O)NCCCN1CCC(c2ccc(C(=O)OC)cc2)CC1. The lowest BCUT2D eigenvalue weighted by Crippen LogP contribution is -2.55. The molecule has 1 unspecified atom stereocenters. The molecule has 2 aliphatic rings. The predicted molar refractivity (Wildman–Crippen MR) is 231 cm³/mol. The Morgan fingerprint density at radius 2 is 1.43 bits per heavy atom. The Morgan fingerprint density at radius 1 is 0.810 bits per heavy atom. The molecule has 2 heterocycles. The van der Waals surface area contributed by atoms with Crippen LogP contribution in [0.2, 0.25) is 0 Å². The third-order valence-corrected chi connectivity index (χ3v) is 11.9. The quantitative estimate of drug-likeness (QED) is 0.0713. The maximum atomic E-state index is 14.1. The molecule has 11 nitrogen and oxygen atoms in total. The fourth-order valence-corrected chi connectivity index (χ4v) is 8.54. The van der Waals surface area contributed by atoms with Crippen LogP contribution >= 0.6 is 0 Å². The van der Waals surface area contributed by atoms with Crippen molar-refractivity contribution in [3.05, 3.63) is 76.0 Å². The van der Waals surface area contributed by atoms with Gasteiger partial charge in [0.2, 0.25) is 0 Å². The summed E-state index contributed by atoms with van der Waals surface area (Å²) in [6, 6.07) is 11.5. The Bertz CT molecular complexity index is 1630. The number of nitrogens with one attached hydrogen (secondary N) is 3. The normalized spacial score (nSPS) is 16.3. The summed E-state index contributed by atoms with van der Waals surface area (Å²) in [4.78, 5) is 57.0. The molecule has 2 aromatic rings. The van der Waals surface area contributed by atoms with Crippen molar-refractivity contribution in [3.63, 3.8) is 0 Å². The standard InChI is InChI=1S/C47H71N5O6/c1-6-8-9-10-11-12-13-14-15-16-17-18-19-22-37-23-20-24-40(57-4)41(37)43-42(44(53)48-3)39(7-2)50-47(56)52(43)46(55)49-31-21-32-51-33-29-36(30-34-51)35-25-27-38(28-26-35)45(54)58-5/h20,23-28,36,43H,6-19,21-22,29-34H2,1-5H3,(H,48,53)(H,49,55)(H,50,56). The molecule has 0 bridgehead atoms. The van der Waals surface area contributed by atoms with Crippen LogP contribution < -0.4 is 20.7 Å². The number of esters is 1. The fraction of sp³-hybridized carbons (Fsp3) is 0.617. The number of benzene rings is 2. The van der Waals surface area contributed by atoms with Crippen LogP contribution in [0.4, 0.5) is 9.59 Å². The molecule has 0 spiro atoms. The lowest BCUT2D eigenvalue weighted by Gasteiger charge is -2.38. The highest BCUT2D eigenvalue weighted by molar-refractivity contribution is 6.03. The minimum absolute atomic E-state index is 0.330. The summed E-state index contributed by atoms with van der Waals surface area (Å²) < 4.78 is 10.7. The van der Waals surface area contributed by atoms with E-state index in [2.05, 4.69) is 27.8 Å². The maximum Gasteiger partial charge on any atom is 0.337 e. The van der Waals surface area contributed by atoms with Crippen molar-refractivity contribution in [1.29, 1.82) is 0 Å². The number of hydrogen-bond acceptors (Lipinski definition) is 7. The van der Waals surface area contributed by atoms with Gasteiger partial charge >= 0.3 is 18.0 Å². The van der Waals surface area contributed by atoms with Crippen molar-refractivity contribution in [2.24, 2.45) is 0 Å². The molecule has 320 valence electrons.